The SMILES string of the molecule is CCC1CCN(S(=O)(=O)c2c[nH]c(CO)c2)C1. The molecular weight excluding hydrogens is 240 g/mol. The minimum atomic E-state index is -3.38. The van der Waals surface area contributed by atoms with Crippen molar-refractivity contribution in [3.8, 4) is 0 Å². The molecule has 2 heterocycles. The van der Waals surface area contributed by atoms with Crippen molar-refractivity contribution in [2.75, 3.05) is 13.1 Å². The highest BCUT2D eigenvalue weighted by Gasteiger charge is 2.32. The molecule has 0 spiro atoms. The summed E-state index contributed by atoms with van der Waals surface area (Å²) >= 11 is 0. The average molecular weight is 258 g/mol. The first kappa shape index (κ1) is 12.6. The van der Waals surface area contributed by atoms with Crippen LogP contribution in [0.2, 0.25) is 0 Å². The van der Waals surface area contributed by atoms with Crippen LogP contribution in [0.25, 0.3) is 0 Å². The molecule has 5 nitrogen and oxygen atoms in total. The van der Waals surface area contributed by atoms with Crippen LogP contribution < -0.4 is 0 Å². The van der Waals surface area contributed by atoms with Gasteiger partial charge in [0.05, 0.1) is 11.5 Å². The molecule has 1 aliphatic rings. The number of aliphatic hydroxyl groups is 1. The van der Waals surface area contributed by atoms with Crippen LogP contribution in [0, 0.1) is 5.92 Å². The lowest BCUT2D eigenvalue weighted by Crippen LogP contribution is -2.28. The van der Waals surface area contributed by atoms with Gasteiger partial charge in [-0.05, 0) is 18.4 Å². The zero-order valence-electron chi connectivity index (χ0n) is 9.89. The van der Waals surface area contributed by atoms with E-state index in [9.17, 15) is 8.42 Å². The summed E-state index contributed by atoms with van der Waals surface area (Å²) in [5, 5.41) is 8.92. The zero-order chi connectivity index (χ0) is 12.5. The van der Waals surface area contributed by atoms with Crippen molar-refractivity contribution >= 4 is 10.0 Å². The lowest BCUT2D eigenvalue weighted by Gasteiger charge is -2.15. The number of nitrogens with one attached hydrogen (secondary N) is 1. The van der Waals surface area contributed by atoms with E-state index in [0.29, 0.717) is 24.7 Å². The summed E-state index contributed by atoms with van der Waals surface area (Å²) in [5.41, 5.74) is 0.523. The van der Waals surface area contributed by atoms with E-state index >= 15 is 0 Å². The Hall–Kier alpha value is -0.850. The summed E-state index contributed by atoms with van der Waals surface area (Å²) < 4.78 is 26.0. The minimum Gasteiger partial charge on any atom is -0.390 e. The molecule has 1 aromatic heterocycles. The van der Waals surface area contributed by atoms with Crippen LogP contribution in [-0.2, 0) is 16.6 Å². The molecule has 0 bridgehead atoms. The highest BCUT2D eigenvalue weighted by molar-refractivity contribution is 7.89. The van der Waals surface area contributed by atoms with Gasteiger partial charge in [-0.3, -0.25) is 0 Å². The zero-order valence-corrected chi connectivity index (χ0v) is 10.7. The Morgan fingerprint density at radius 1 is 1.59 bits per heavy atom. The van der Waals surface area contributed by atoms with Crippen molar-refractivity contribution in [3.63, 3.8) is 0 Å². The van der Waals surface area contributed by atoms with E-state index in [1.165, 1.54) is 16.6 Å². The molecule has 1 fully saturated rings. The van der Waals surface area contributed by atoms with Crippen molar-refractivity contribution in [1.82, 2.24) is 9.29 Å². The second-order valence-electron chi connectivity index (χ2n) is 4.44. The summed E-state index contributed by atoms with van der Waals surface area (Å²) in [6.45, 7) is 3.12. The van der Waals surface area contributed by atoms with Crippen LogP contribution >= 0.6 is 0 Å². The predicted molar refractivity (Wildman–Crippen MR) is 63.9 cm³/mol. The molecule has 1 unspecified atom stereocenters. The molecule has 6 heteroatoms. The third kappa shape index (κ3) is 2.38. The molecule has 2 rings (SSSR count). The Balaban J connectivity index is 2.19. The standard InChI is InChI=1S/C11H18N2O3S/c1-2-9-3-4-13(7-9)17(15,16)11-5-10(8-14)12-6-11/h5-6,9,12,14H,2-4,7-8H2,1H3. The van der Waals surface area contributed by atoms with Crippen LogP contribution in [0.3, 0.4) is 0 Å². The van der Waals surface area contributed by atoms with Crippen molar-refractivity contribution in [1.29, 1.82) is 0 Å². The van der Waals surface area contributed by atoms with Gasteiger partial charge in [-0.1, -0.05) is 13.3 Å². The van der Waals surface area contributed by atoms with E-state index in [-0.39, 0.29) is 11.5 Å². The second kappa shape index (κ2) is 4.80. The third-order valence-electron chi connectivity index (χ3n) is 3.35. The monoisotopic (exact) mass is 258 g/mol. The van der Waals surface area contributed by atoms with Gasteiger partial charge in [0.1, 0.15) is 0 Å². The van der Waals surface area contributed by atoms with Gasteiger partial charge < -0.3 is 10.1 Å². The van der Waals surface area contributed by atoms with Crippen LogP contribution in [-0.4, -0.2) is 35.9 Å². The average Bonchev–Trinajstić information content (AvgIpc) is 2.98. The molecule has 0 saturated carbocycles. The third-order valence-corrected chi connectivity index (χ3v) is 5.19. The fraction of sp³-hybridized carbons (Fsp3) is 0.636. The topological polar surface area (TPSA) is 73.4 Å². The Bertz CT molecular complexity index is 481. The van der Waals surface area contributed by atoms with Crippen molar-refractivity contribution in [2.45, 2.75) is 31.3 Å². The molecule has 1 aliphatic heterocycles. The number of hydrogen-bond acceptors (Lipinski definition) is 3. The molecule has 0 aromatic carbocycles. The van der Waals surface area contributed by atoms with E-state index in [1.807, 2.05) is 0 Å². The van der Waals surface area contributed by atoms with Gasteiger partial charge in [0, 0.05) is 25.0 Å². The maximum absolute atomic E-state index is 12.2. The molecule has 96 valence electrons. The quantitative estimate of drug-likeness (QED) is 0.843. The van der Waals surface area contributed by atoms with Crippen molar-refractivity contribution in [2.24, 2.45) is 5.92 Å². The number of aliphatic hydroxyl groups excluding tert-OH is 1. The number of nitrogens with zero attached hydrogens (tertiary/aromatic N) is 1. The lowest BCUT2D eigenvalue weighted by atomic mass is 10.1. The molecule has 2 N–H and O–H groups in total. The van der Waals surface area contributed by atoms with Gasteiger partial charge in [0.2, 0.25) is 10.0 Å². The number of rotatable bonds is 4. The van der Waals surface area contributed by atoms with Gasteiger partial charge in [-0.2, -0.15) is 4.31 Å². The first-order valence-electron chi connectivity index (χ1n) is 5.86. The van der Waals surface area contributed by atoms with Crippen LogP contribution in [0.15, 0.2) is 17.2 Å². The molecule has 0 radical (unpaired) electrons. The minimum absolute atomic E-state index is 0.174. The largest absolute Gasteiger partial charge is 0.390 e. The van der Waals surface area contributed by atoms with Gasteiger partial charge in [-0.25, -0.2) is 8.42 Å². The maximum atomic E-state index is 12.2. The Morgan fingerprint density at radius 3 is 2.88 bits per heavy atom. The summed E-state index contributed by atoms with van der Waals surface area (Å²) in [6.07, 6.45) is 3.40. The molecule has 0 amide bonds. The molecular formula is C11H18N2O3S. The van der Waals surface area contributed by atoms with Gasteiger partial charge >= 0.3 is 0 Å². The molecule has 1 aromatic rings. The van der Waals surface area contributed by atoms with Crippen molar-refractivity contribution < 1.29 is 13.5 Å². The second-order valence-corrected chi connectivity index (χ2v) is 6.38. The van der Waals surface area contributed by atoms with E-state index in [0.717, 1.165) is 12.8 Å². The highest BCUT2D eigenvalue weighted by atomic mass is 32.2. The summed E-state index contributed by atoms with van der Waals surface area (Å²) in [5.74, 6) is 0.473. The van der Waals surface area contributed by atoms with E-state index in [1.54, 1.807) is 0 Å². The summed E-state index contributed by atoms with van der Waals surface area (Å²) in [6, 6.07) is 1.49. The maximum Gasteiger partial charge on any atom is 0.244 e. The van der Waals surface area contributed by atoms with E-state index in [4.69, 9.17) is 5.11 Å². The van der Waals surface area contributed by atoms with Crippen LogP contribution in [0.5, 0.6) is 0 Å². The fourth-order valence-electron chi connectivity index (χ4n) is 2.16. The number of H-pyrrole nitrogens is 1. The van der Waals surface area contributed by atoms with E-state index < -0.39 is 10.0 Å². The first-order chi connectivity index (χ1) is 8.07. The Morgan fingerprint density at radius 2 is 2.35 bits per heavy atom. The van der Waals surface area contributed by atoms with Crippen molar-refractivity contribution in [3.05, 3.63) is 18.0 Å². The molecule has 1 saturated heterocycles. The predicted octanol–water partition coefficient (Wildman–Crippen LogP) is 0.928. The molecule has 17 heavy (non-hydrogen) atoms. The number of sulfonamides is 1. The molecule has 0 aliphatic carbocycles. The highest BCUT2D eigenvalue weighted by Crippen LogP contribution is 2.26. The van der Waals surface area contributed by atoms with Gasteiger partial charge in [0.15, 0.2) is 0 Å². The first-order valence-corrected chi connectivity index (χ1v) is 7.30. The molecule has 1 atom stereocenters. The Kier molecular flexibility index (Phi) is 3.56. The summed E-state index contributed by atoms with van der Waals surface area (Å²) in [7, 11) is -3.38. The summed E-state index contributed by atoms with van der Waals surface area (Å²) in [4.78, 5) is 3.00. The Labute approximate surface area is 102 Å². The van der Waals surface area contributed by atoms with Crippen LogP contribution in [0.4, 0.5) is 0 Å². The van der Waals surface area contributed by atoms with Crippen LogP contribution in [0.1, 0.15) is 25.5 Å². The fourth-order valence-corrected chi connectivity index (χ4v) is 3.71. The van der Waals surface area contributed by atoms with Gasteiger partial charge in [-0.15, -0.1) is 0 Å². The smallest absolute Gasteiger partial charge is 0.244 e. The van der Waals surface area contributed by atoms with Gasteiger partial charge in [0.25, 0.3) is 0 Å². The number of hydrogen-bond donors (Lipinski definition) is 2. The normalized spacial score (nSPS) is 22.1. The van der Waals surface area contributed by atoms with E-state index in [2.05, 4.69) is 11.9 Å². The lowest BCUT2D eigenvalue weighted by molar-refractivity contribution is 0.277. The number of aromatic amines is 1. The number of aromatic nitrogens is 1.